The van der Waals surface area contributed by atoms with Crippen LogP contribution >= 0.6 is 23.2 Å². The van der Waals surface area contributed by atoms with Gasteiger partial charge in [0.25, 0.3) is 10.0 Å². The van der Waals surface area contributed by atoms with Gasteiger partial charge in [-0.1, -0.05) is 23.2 Å². The molecule has 2 rings (SSSR count). The van der Waals surface area contributed by atoms with Crippen LogP contribution in [0.3, 0.4) is 0 Å². The van der Waals surface area contributed by atoms with Crippen molar-refractivity contribution in [2.75, 3.05) is 4.72 Å². The summed E-state index contributed by atoms with van der Waals surface area (Å²) < 4.78 is 39.7. The summed E-state index contributed by atoms with van der Waals surface area (Å²) >= 11 is 11.4. The maximum absolute atomic E-state index is 13.5. The maximum Gasteiger partial charge on any atom is 0.262 e. The molecule has 0 unspecified atom stereocenters. The summed E-state index contributed by atoms with van der Waals surface area (Å²) in [5, 5.41) is 9.35. The first-order valence-electron chi connectivity index (χ1n) is 5.26. The molecule has 0 bridgehead atoms. The average molecular weight is 336 g/mol. The van der Waals surface area contributed by atoms with Gasteiger partial charge in [-0.3, -0.25) is 4.72 Å². The van der Waals surface area contributed by atoms with Crippen molar-refractivity contribution in [2.24, 2.45) is 0 Å². The molecule has 2 aromatic rings. The Morgan fingerprint density at radius 3 is 2.35 bits per heavy atom. The van der Waals surface area contributed by atoms with Gasteiger partial charge < -0.3 is 5.11 Å². The molecule has 0 fully saturated rings. The highest BCUT2D eigenvalue weighted by Crippen LogP contribution is 2.27. The molecule has 0 aliphatic heterocycles. The smallest absolute Gasteiger partial charge is 0.262 e. The lowest BCUT2D eigenvalue weighted by Crippen LogP contribution is -2.13. The number of hydrogen-bond donors (Lipinski definition) is 2. The Bertz CT molecular complexity index is 765. The van der Waals surface area contributed by atoms with Gasteiger partial charge in [0.05, 0.1) is 20.6 Å². The average Bonchev–Trinajstić information content (AvgIpc) is 2.36. The number of anilines is 1. The molecule has 0 radical (unpaired) electrons. The lowest BCUT2D eigenvalue weighted by molar-refractivity contribution is 0.469. The second-order valence-corrected chi connectivity index (χ2v) is 6.34. The van der Waals surface area contributed by atoms with Crippen molar-refractivity contribution >= 4 is 38.9 Å². The molecule has 4 nitrogen and oxygen atoms in total. The Labute approximate surface area is 124 Å². The Balaban J connectivity index is 2.38. The first-order valence-corrected chi connectivity index (χ1v) is 7.50. The van der Waals surface area contributed by atoms with Crippen LogP contribution < -0.4 is 4.72 Å². The topological polar surface area (TPSA) is 66.4 Å². The van der Waals surface area contributed by atoms with E-state index in [0.29, 0.717) is 0 Å². The quantitative estimate of drug-likeness (QED) is 0.841. The highest BCUT2D eigenvalue weighted by molar-refractivity contribution is 7.92. The van der Waals surface area contributed by atoms with E-state index in [1.54, 1.807) is 0 Å². The van der Waals surface area contributed by atoms with Crippen LogP contribution in [0.4, 0.5) is 10.1 Å². The number of phenols is 1. The zero-order valence-corrected chi connectivity index (χ0v) is 12.1. The van der Waals surface area contributed by atoms with E-state index in [1.165, 1.54) is 12.1 Å². The molecule has 0 saturated carbocycles. The number of sulfonamides is 1. The maximum atomic E-state index is 13.5. The van der Waals surface area contributed by atoms with Crippen molar-refractivity contribution in [1.82, 2.24) is 0 Å². The van der Waals surface area contributed by atoms with Gasteiger partial charge in [0, 0.05) is 6.07 Å². The van der Waals surface area contributed by atoms with Crippen molar-refractivity contribution in [1.29, 1.82) is 0 Å². The molecule has 2 N–H and O–H groups in total. The third kappa shape index (κ3) is 3.15. The summed E-state index contributed by atoms with van der Waals surface area (Å²) in [4.78, 5) is -0.153. The molecule has 8 heteroatoms. The van der Waals surface area contributed by atoms with E-state index in [2.05, 4.69) is 4.72 Å². The predicted molar refractivity (Wildman–Crippen MR) is 75.3 cm³/mol. The molecule has 2 aromatic carbocycles. The number of benzene rings is 2. The zero-order chi connectivity index (χ0) is 14.9. The van der Waals surface area contributed by atoms with Gasteiger partial charge in [-0.2, -0.15) is 0 Å². The van der Waals surface area contributed by atoms with E-state index in [-0.39, 0.29) is 26.4 Å². The lowest BCUT2D eigenvalue weighted by Gasteiger charge is -2.09. The van der Waals surface area contributed by atoms with Crippen LogP contribution in [0.5, 0.6) is 5.75 Å². The second-order valence-electron chi connectivity index (χ2n) is 3.85. The van der Waals surface area contributed by atoms with Gasteiger partial charge in [-0.25, -0.2) is 12.8 Å². The van der Waals surface area contributed by atoms with Crippen LogP contribution in [0.2, 0.25) is 10.0 Å². The van der Waals surface area contributed by atoms with Gasteiger partial charge in [0.1, 0.15) is 5.75 Å². The lowest BCUT2D eigenvalue weighted by atomic mass is 10.3. The molecule has 20 heavy (non-hydrogen) atoms. The van der Waals surface area contributed by atoms with Crippen LogP contribution in [-0.2, 0) is 10.0 Å². The minimum absolute atomic E-state index is 0.0701. The molecular formula is C12H8Cl2FNO3S. The van der Waals surface area contributed by atoms with Gasteiger partial charge in [0.15, 0.2) is 5.82 Å². The van der Waals surface area contributed by atoms with Crippen LogP contribution in [-0.4, -0.2) is 13.5 Å². The van der Waals surface area contributed by atoms with Crippen molar-refractivity contribution in [3.8, 4) is 5.75 Å². The Kier molecular flexibility index (Phi) is 4.08. The largest absolute Gasteiger partial charge is 0.508 e. The van der Waals surface area contributed by atoms with E-state index in [9.17, 15) is 12.8 Å². The van der Waals surface area contributed by atoms with Crippen LogP contribution in [0, 0.1) is 5.82 Å². The van der Waals surface area contributed by atoms with Gasteiger partial charge in [0.2, 0.25) is 0 Å². The van der Waals surface area contributed by atoms with Crippen molar-refractivity contribution < 1.29 is 17.9 Å². The molecule has 0 spiro atoms. The standard InChI is InChI=1S/C12H8Cl2FNO3S/c13-9-3-2-8(6-10(9)14)20(18,19)16-12-4-1-7(17)5-11(12)15/h1-6,16-17H. The second kappa shape index (κ2) is 5.47. The van der Waals surface area contributed by atoms with Crippen LogP contribution in [0.15, 0.2) is 41.3 Å². The highest BCUT2D eigenvalue weighted by Gasteiger charge is 2.17. The van der Waals surface area contributed by atoms with E-state index in [4.69, 9.17) is 28.3 Å². The van der Waals surface area contributed by atoms with Crippen molar-refractivity contribution in [3.05, 3.63) is 52.3 Å². The third-order valence-electron chi connectivity index (χ3n) is 2.40. The van der Waals surface area contributed by atoms with E-state index in [0.717, 1.165) is 24.3 Å². The van der Waals surface area contributed by atoms with Crippen molar-refractivity contribution in [2.45, 2.75) is 4.90 Å². The normalized spacial score (nSPS) is 11.3. The number of rotatable bonds is 3. The van der Waals surface area contributed by atoms with Gasteiger partial charge in [-0.05, 0) is 30.3 Å². The summed E-state index contributed by atoms with van der Waals surface area (Å²) in [5.74, 6) is -1.20. The fraction of sp³-hybridized carbons (Fsp3) is 0. The monoisotopic (exact) mass is 335 g/mol. The minimum Gasteiger partial charge on any atom is -0.508 e. The summed E-state index contributed by atoms with van der Waals surface area (Å²) in [6, 6.07) is 6.80. The number of aromatic hydroxyl groups is 1. The molecule has 0 saturated heterocycles. The molecular weight excluding hydrogens is 328 g/mol. The zero-order valence-electron chi connectivity index (χ0n) is 9.77. The Hall–Kier alpha value is -1.50. The highest BCUT2D eigenvalue weighted by atomic mass is 35.5. The summed E-state index contributed by atoms with van der Waals surface area (Å²) in [6.07, 6.45) is 0. The number of halogens is 3. The van der Waals surface area contributed by atoms with Gasteiger partial charge in [-0.15, -0.1) is 0 Å². The first kappa shape index (κ1) is 14.9. The SMILES string of the molecule is O=S(=O)(Nc1ccc(O)cc1F)c1ccc(Cl)c(Cl)c1. The molecule has 0 aliphatic rings. The van der Waals surface area contributed by atoms with E-state index >= 15 is 0 Å². The molecule has 0 aromatic heterocycles. The fourth-order valence-corrected chi connectivity index (χ4v) is 2.89. The molecule has 0 heterocycles. The van der Waals surface area contributed by atoms with Crippen molar-refractivity contribution in [3.63, 3.8) is 0 Å². The number of hydrogen-bond acceptors (Lipinski definition) is 3. The fourth-order valence-electron chi connectivity index (χ4n) is 1.43. The molecule has 0 aliphatic carbocycles. The van der Waals surface area contributed by atoms with E-state index < -0.39 is 15.8 Å². The predicted octanol–water partition coefficient (Wildman–Crippen LogP) is 3.64. The Morgan fingerprint density at radius 2 is 1.75 bits per heavy atom. The van der Waals surface area contributed by atoms with Crippen LogP contribution in [0.1, 0.15) is 0 Å². The Morgan fingerprint density at radius 1 is 1.05 bits per heavy atom. The summed E-state index contributed by atoms with van der Waals surface area (Å²) in [5.41, 5.74) is -0.283. The molecule has 106 valence electrons. The molecule has 0 atom stereocenters. The third-order valence-corrected chi connectivity index (χ3v) is 4.50. The van der Waals surface area contributed by atoms with Crippen LogP contribution in [0.25, 0.3) is 0 Å². The summed E-state index contributed by atoms with van der Waals surface area (Å²) in [7, 11) is -4.00. The van der Waals surface area contributed by atoms with Gasteiger partial charge >= 0.3 is 0 Å². The number of nitrogens with one attached hydrogen (secondary N) is 1. The summed E-state index contributed by atoms with van der Waals surface area (Å²) in [6.45, 7) is 0. The first-order chi connectivity index (χ1) is 9.29. The molecule has 0 amide bonds. The number of phenolic OH excluding ortho intramolecular Hbond substituents is 1. The minimum atomic E-state index is -4.00. The van der Waals surface area contributed by atoms with E-state index in [1.807, 2.05) is 0 Å².